The third kappa shape index (κ3) is 3.97. The van der Waals surface area contributed by atoms with Crippen LogP contribution in [-0.2, 0) is 7.05 Å². The number of rotatable bonds is 4. The van der Waals surface area contributed by atoms with E-state index in [4.69, 9.17) is 0 Å². The van der Waals surface area contributed by atoms with E-state index < -0.39 is 5.60 Å². The Kier molecular flexibility index (Phi) is 5.36. The third-order valence-electron chi connectivity index (χ3n) is 6.38. The molecule has 1 saturated carbocycles. The molecule has 0 radical (unpaired) electrons. The summed E-state index contributed by atoms with van der Waals surface area (Å²) in [4.78, 5) is 17.4. The first-order valence-corrected chi connectivity index (χ1v) is 10.7. The maximum Gasteiger partial charge on any atom is 0.253 e. The fourth-order valence-corrected chi connectivity index (χ4v) is 4.55. The van der Waals surface area contributed by atoms with Crippen molar-refractivity contribution in [2.75, 3.05) is 0 Å². The second-order valence-electron chi connectivity index (χ2n) is 9.05. The van der Waals surface area contributed by atoms with Gasteiger partial charge in [0.2, 0.25) is 0 Å². The van der Waals surface area contributed by atoms with Crippen molar-refractivity contribution in [2.24, 2.45) is 13.0 Å². The van der Waals surface area contributed by atoms with Gasteiger partial charge in [0, 0.05) is 24.7 Å². The Balaban J connectivity index is 1.49. The summed E-state index contributed by atoms with van der Waals surface area (Å²) in [5.74, 6) is 0.205. The van der Waals surface area contributed by atoms with Gasteiger partial charge in [-0.25, -0.2) is 0 Å². The minimum absolute atomic E-state index is 0.0882. The van der Waals surface area contributed by atoms with Gasteiger partial charge in [0.1, 0.15) is 5.69 Å². The minimum Gasteiger partial charge on any atom is -0.390 e. The van der Waals surface area contributed by atoms with Crippen molar-refractivity contribution < 1.29 is 9.90 Å². The first-order valence-electron chi connectivity index (χ1n) is 10.7. The number of carbonyl (C=O) groups excluding carboxylic acids is 1. The number of hydrogen-bond acceptors (Lipinski definition) is 4. The molecule has 1 aliphatic carbocycles. The third-order valence-corrected chi connectivity index (χ3v) is 6.38. The fraction of sp³-hybridized carbons (Fsp3) is 0.458. The Morgan fingerprint density at radius 1 is 1.17 bits per heavy atom. The zero-order valence-corrected chi connectivity index (χ0v) is 18.1. The standard InChI is InChI=1S/C24H30N4O2/c1-15-13-16(23(29)26-18-11-9-17(10-12-18)24(2,3)30)14-25-21(15)22-19-7-5-6-8-20(19)28(4)27-22/h5-8,13-14,17-18,30H,9-12H2,1-4H3,(H,26,29). The maximum atomic E-state index is 12.8. The maximum absolute atomic E-state index is 12.8. The van der Waals surface area contributed by atoms with E-state index in [9.17, 15) is 9.90 Å². The first kappa shape index (κ1) is 20.5. The Morgan fingerprint density at radius 2 is 1.87 bits per heavy atom. The van der Waals surface area contributed by atoms with Crippen molar-refractivity contribution in [3.8, 4) is 11.4 Å². The van der Waals surface area contributed by atoms with Gasteiger partial charge in [-0.05, 0) is 70.1 Å². The molecule has 4 rings (SSSR count). The van der Waals surface area contributed by atoms with Crippen LogP contribution in [-0.4, -0.2) is 37.4 Å². The molecule has 6 heteroatoms. The van der Waals surface area contributed by atoms with Crippen LogP contribution in [0.15, 0.2) is 36.5 Å². The number of carbonyl (C=O) groups is 1. The zero-order chi connectivity index (χ0) is 21.5. The molecule has 1 aromatic carbocycles. The van der Waals surface area contributed by atoms with Gasteiger partial charge in [0.15, 0.2) is 0 Å². The van der Waals surface area contributed by atoms with Crippen molar-refractivity contribution >= 4 is 16.8 Å². The molecule has 158 valence electrons. The molecule has 0 saturated heterocycles. The molecular formula is C24H30N4O2. The van der Waals surface area contributed by atoms with E-state index in [0.29, 0.717) is 11.5 Å². The summed E-state index contributed by atoms with van der Waals surface area (Å²) in [6.45, 7) is 5.71. The lowest BCUT2D eigenvalue weighted by Gasteiger charge is -2.36. The highest BCUT2D eigenvalue weighted by molar-refractivity contribution is 5.96. The molecule has 0 spiro atoms. The fourth-order valence-electron chi connectivity index (χ4n) is 4.55. The second kappa shape index (κ2) is 7.84. The van der Waals surface area contributed by atoms with E-state index in [2.05, 4.69) is 15.4 Å². The summed E-state index contributed by atoms with van der Waals surface area (Å²) >= 11 is 0. The molecule has 1 aliphatic rings. The van der Waals surface area contributed by atoms with E-state index >= 15 is 0 Å². The van der Waals surface area contributed by atoms with Crippen LogP contribution in [0.4, 0.5) is 0 Å². The predicted octanol–water partition coefficient (Wildman–Crippen LogP) is 4.00. The van der Waals surface area contributed by atoms with Crippen LogP contribution in [0.2, 0.25) is 0 Å². The van der Waals surface area contributed by atoms with Crippen LogP contribution >= 0.6 is 0 Å². The van der Waals surface area contributed by atoms with Gasteiger partial charge in [-0.3, -0.25) is 14.5 Å². The summed E-state index contributed by atoms with van der Waals surface area (Å²) in [6.07, 6.45) is 5.29. The van der Waals surface area contributed by atoms with E-state index in [1.165, 1.54) is 0 Å². The smallest absolute Gasteiger partial charge is 0.253 e. The van der Waals surface area contributed by atoms with E-state index in [0.717, 1.165) is 53.5 Å². The van der Waals surface area contributed by atoms with Gasteiger partial charge in [0.05, 0.1) is 22.4 Å². The molecular weight excluding hydrogens is 376 g/mol. The zero-order valence-electron chi connectivity index (χ0n) is 18.1. The predicted molar refractivity (Wildman–Crippen MR) is 118 cm³/mol. The van der Waals surface area contributed by atoms with Crippen LogP contribution in [0.25, 0.3) is 22.3 Å². The molecule has 30 heavy (non-hydrogen) atoms. The largest absolute Gasteiger partial charge is 0.390 e. The van der Waals surface area contributed by atoms with E-state index in [1.807, 2.05) is 62.8 Å². The summed E-state index contributed by atoms with van der Waals surface area (Å²) in [6, 6.07) is 10.1. The SMILES string of the molecule is Cc1cc(C(=O)NC2CCC(C(C)(C)O)CC2)cnc1-c1nn(C)c2ccccc12. The number of aromatic nitrogens is 3. The molecule has 1 fully saturated rings. The Labute approximate surface area is 177 Å². The van der Waals surface area contributed by atoms with E-state index in [1.54, 1.807) is 6.20 Å². The molecule has 2 heterocycles. The lowest BCUT2D eigenvalue weighted by Crippen LogP contribution is -2.41. The molecule has 1 amide bonds. The van der Waals surface area contributed by atoms with Crippen molar-refractivity contribution in [3.63, 3.8) is 0 Å². The van der Waals surface area contributed by atoms with Crippen molar-refractivity contribution in [1.82, 2.24) is 20.1 Å². The number of aliphatic hydroxyl groups is 1. The van der Waals surface area contributed by atoms with Crippen LogP contribution in [0.1, 0.15) is 55.5 Å². The number of amides is 1. The van der Waals surface area contributed by atoms with Crippen LogP contribution in [0.3, 0.4) is 0 Å². The summed E-state index contributed by atoms with van der Waals surface area (Å²) in [7, 11) is 1.93. The van der Waals surface area contributed by atoms with Crippen molar-refractivity contribution in [1.29, 1.82) is 0 Å². The number of benzene rings is 1. The molecule has 3 aromatic rings. The number of nitrogens with one attached hydrogen (secondary N) is 1. The Bertz CT molecular complexity index is 1070. The number of para-hydroxylation sites is 1. The molecule has 2 N–H and O–H groups in total. The highest BCUT2D eigenvalue weighted by Crippen LogP contribution is 2.33. The van der Waals surface area contributed by atoms with Crippen LogP contribution in [0.5, 0.6) is 0 Å². The highest BCUT2D eigenvalue weighted by atomic mass is 16.3. The molecule has 0 aliphatic heterocycles. The Hall–Kier alpha value is -2.73. The average Bonchev–Trinajstić information content (AvgIpc) is 3.04. The quantitative estimate of drug-likeness (QED) is 0.686. The summed E-state index contributed by atoms with van der Waals surface area (Å²) in [5.41, 5.74) is 3.54. The number of nitrogens with zero attached hydrogens (tertiary/aromatic N) is 3. The molecule has 0 unspecified atom stereocenters. The lowest BCUT2D eigenvalue weighted by molar-refractivity contribution is -0.00257. The van der Waals surface area contributed by atoms with Gasteiger partial charge in [-0.15, -0.1) is 0 Å². The molecule has 2 aromatic heterocycles. The van der Waals surface area contributed by atoms with Gasteiger partial charge < -0.3 is 10.4 Å². The number of aryl methyl sites for hydroxylation is 2. The summed E-state index contributed by atoms with van der Waals surface area (Å²) < 4.78 is 1.86. The normalized spacial score (nSPS) is 19.8. The van der Waals surface area contributed by atoms with Gasteiger partial charge >= 0.3 is 0 Å². The Morgan fingerprint density at radius 3 is 2.53 bits per heavy atom. The van der Waals surface area contributed by atoms with Gasteiger partial charge in [-0.1, -0.05) is 18.2 Å². The second-order valence-corrected chi connectivity index (χ2v) is 9.05. The number of hydrogen-bond donors (Lipinski definition) is 2. The minimum atomic E-state index is -0.651. The average molecular weight is 407 g/mol. The van der Waals surface area contributed by atoms with Crippen LogP contribution in [0, 0.1) is 12.8 Å². The number of fused-ring (bicyclic) bond motifs is 1. The topological polar surface area (TPSA) is 80.0 Å². The van der Waals surface area contributed by atoms with Crippen molar-refractivity contribution in [3.05, 3.63) is 47.7 Å². The molecule has 6 nitrogen and oxygen atoms in total. The van der Waals surface area contributed by atoms with E-state index in [-0.39, 0.29) is 11.9 Å². The first-order chi connectivity index (χ1) is 14.2. The molecule has 0 bridgehead atoms. The van der Waals surface area contributed by atoms with Gasteiger partial charge in [0.25, 0.3) is 5.91 Å². The number of pyridine rings is 1. The van der Waals surface area contributed by atoms with Crippen molar-refractivity contribution in [2.45, 2.75) is 58.1 Å². The van der Waals surface area contributed by atoms with Gasteiger partial charge in [-0.2, -0.15) is 5.10 Å². The van der Waals surface area contributed by atoms with Crippen LogP contribution < -0.4 is 5.32 Å². The monoisotopic (exact) mass is 406 g/mol. The molecule has 0 atom stereocenters. The summed E-state index contributed by atoms with van der Waals surface area (Å²) in [5, 5.41) is 19.1. The lowest BCUT2D eigenvalue weighted by atomic mass is 9.77. The highest BCUT2D eigenvalue weighted by Gasteiger charge is 2.31.